The van der Waals surface area contributed by atoms with Gasteiger partial charge in [0.2, 0.25) is 10.0 Å². The molecule has 0 saturated heterocycles. The maximum atomic E-state index is 13.4. The van der Waals surface area contributed by atoms with Crippen LogP contribution in [0.1, 0.15) is 23.7 Å². The Labute approximate surface area is 141 Å². The Morgan fingerprint density at radius 3 is 2.96 bits per heavy atom. The van der Waals surface area contributed by atoms with Crippen LogP contribution in [0.5, 0.6) is 0 Å². The molecule has 130 valence electrons. The van der Waals surface area contributed by atoms with Crippen molar-refractivity contribution in [3.05, 3.63) is 53.6 Å². The van der Waals surface area contributed by atoms with Crippen molar-refractivity contribution in [3.63, 3.8) is 0 Å². The van der Waals surface area contributed by atoms with Crippen LogP contribution in [0.25, 0.3) is 0 Å². The van der Waals surface area contributed by atoms with Gasteiger partial charge in [-0.05, 0) is 30.2 Å². The Morgan fingerprint density at radius 1 is 1.38 bits per heavy atom. The third-order valence-electron chi connectivity index (χ3n) is 4.09. The quantitative estimate of drug-likeness (QED) is 0.856. The molecular weight excluding hydrogens is 331 g/mol. The minimum Gasteiger partial charge on any atom is -0.291 e. The van der Waals surface area contributed by atoms with Gasteiger partial charge in [0.1, 0.15) is 5.82 Å². The molecule has 0 bridgehead atoms. The van der Waals surface area contributed by atoms with Crippen LogP contribution < -0.4 is 4.72 Å². The van der Waals surface area contributed by atoms with E-state index in [0.29, 0.717) is 19.5 Å². The van der Waals surface area contributed by atoms with Crippen molar-refractivity contribution < 1.29 is 12.8 Å². The van der Waals surface area contributed by atoms with Gasteiger partial charge in [-0.25, -0.2) is 17.5 Å². The van der Waals surface area contributed by atoms with Crippen LogP contribution in [-0.2, 0) is 23.1 Å². The Hall–Kier alpha value is -1.77. The van der Waals surface area contributed by atoms with Crippen LogP contribution in [0.4, 0.5) is 4.39 Å². The van der Waals surface area contributed by atoms with E-state index in [2.05, 4.69) is 14.7 Å². The molecule has 1 N–H and O–H groups in total. The standard InChI is InChI=1S/C16H21FN4O2S/c1-24(22,23)19-8-6-16-12-20(11-15-5-7-18-21(15)16)10-13-3-2-4-14(17)9-13/h2-5,7,9,16,19H,6,8,10-12H2,1H3/t16-/m1/s1. The van der Waals surface area contributed by atoms with Crippen molar-refractivity contribution in [2.75, 3.05) is 19.3 Å². The van der Waals surface area contributed by atoms with Gasteiger partial charge in [-0.15, -0.1) is 0 Å². The minimum absolute atomic E-state index is 0.0894. The average Bonchev–Trinajstić information content (AvgIpc) is 2.94. The molecule has 1 aromatic heterocycles. The first-order chi connectivity index (χ1) is 11.4. The number of halogens is 1. The van der Waals surface area contributed by atoms with Gasteiger partial charge in [0.05, 0.1) is 18.0 Å². The summed E-state index contributed by atoms with van der Waals surface area (Å²) >= 11 is 0. The zero-order chi connectivity index (χ0) is 17.2. The van der Waals surface area contributed by atoms with E-state index < -0.39 is 10.0 Å². The molecule has 3 rings (SSSR count). The SMILES string of the molecule is CS(=O)(=O)NCC[C@@H]1CN(Cc2cccc(F)c2)Cc2ccnn21. The smallest absolute Gasteiger partial charge is 0.208 e. The normalized spacial score (nSPS) is 18.5. The number of fused-ring (bicyclic) bond motifs is 1. The lowest BCUT2D eigenvalue weighted by atomic mass is 10.1. The summed E-state index contributed by atoms with van der Waals surface area (Å²) in [7, 11) is -3.19. The summed E-state index contributed by atoms with van der Waals surface area (Å²) in [5.74, 6) is -0.233. The highest BCUT2D eigenvalue weighted by Crippen LogP contribution is 2.24. The van der Waals surface area contributed by atoms with Crippen LogP contribution >= 0.6 is 0 Å². The highest BCUT2D eigenvalue weighted by Gasteiger charge is 2.25. The van der Waals surface area contributed by atoms with E-state index in [9.17, 15) is 12.8 Å². The Bertz CT molecular complexity index is 806. The summed E-state index contributed by atoms with van der Waals surface area (Å²) in [6, 6.07) is 8.67. The summed E-state index contributed by atoms with van der Waals surface area (Å²) in [5, 5.41) is 4.36. The van der Waals surface area contributed by atoms with E-state index in [1.807, 2.05) is 16.8 Å². The number of benzene rings is 1. The van der Waals surface area contributed by atoms with Crippen molar-refractivity contribution >= 4 is 10.0 Å². The molecule has 0 unspecified atom stereocenters. The average molecular weight is 352 g/mol. The van der Waals surface area contributed by atoms with Gasteiger partial charge >= 0.3 is 0 Å². The van der Waals surface area contributed by atoms with Crippen LogP contribution in [0.15, 0.2) is 36.5 Å². The lowest BCUT2D eigenvalue weighted by Crippen LogP contribution is -2.38. The summed E-state index contributed by atoms with van der Waals surface area (Å²) < 4.78 is 40.3. The van der Waals surface area contributed by atoms with Gasteiger partial charge in [-0.2, -0.15) is 5.10 Å². The highest BCUT2D eigenvalue weighted by molar-refractivity contribution is 7.88. The third kappa shape index (κ3) is 4.40. The molecule has 0 amide bonds. The van der Waals surface area contributed by atoms with Crippen LogP contribution in [0, 0.1) is 5.82 Å². The van der Waals surface area contributed by atoms with Crippen molar-refractivity contribution in [3.8, 4) is 0 Å². The number of nitrogens with one attached hydrogen (secondary N) is 1. The van der Waals surface area contributed by atoms with Gasteiger partial charge in [-0.3, -0.25) is 9.58 Å². The minimum atomic E-state index is -3.19. The second kappa shape index (κ2) is 7.00. The molecule has 1 aliphatic rings. The third-order valence-corrected chi connectivity index (χ3v) is 4.82. The fraction of sp³-hybridized carbons (Fsp3) is 0.438. The Balaban J connectivity index is 1.68. The lowest BCUT2D eigenvalue weighted by molar-refractivity contribution is 0.162. The Kier molecular flexibility index (Phi) is 4.98. The van der Waals surface area contributed by atoms with Crippen molar-refractivity contribution in [1.29, 1.82) is 0 Å². The van der Waals surface area contributed by atoms with Crippen LogP contribution in [0.3, 0.4) is 0 Å². The number of hydrogen-bond donors (Lipinski definition) is 1. The van der Waals surface area contributed by atoms with Gasteiger partial charge in [0, 0.05) is 32.4 Å². The predicted octanol–water partition coefficient (Wildman–Crippen LogP) is 1.52. The number of rotatable bonds is 6. The molecule has 24 heavy (non-hydrogen) atoms. The molecule has 6 nitrogen and oxygen atoms in total. The zero-order valence-corrected chi connectivity index (χ0v) is 14.3. The largest absolute Gasteiger partial charge is 0.291 e. The van der Waals surface area contributed by atoms with E-state index in [1.165, 1.54) is 6.07 Å². The van der Waals surface area contributed by atoms with Gasteiger partial charge in [0.25, 0.3) is 0 Å². The fourth-order valence-electron chi connectivity index (χ4n) is 3.10. The first-order valence-corrected chi connectivity index (χ1v) is 9.74. The lowest BCUT2D eigenvalue weighted by Gasteiger charge is -2.34. The molecule has 0 spiro atoms. The van der Waals surface area contributed by atoms with Gasteiger partial charge < -0.3 is 0 Å². The van der Waals surface area contributed by atoms with Crippen LogP contribution in [-0.4, -0.2) is 42.4 Å². The van der Waals surface area contributed by atoms with Gasteiger partial charge in [0.15, 0.2) is 0 Å². The van der Waals surface area contributed by atoms with Crippen molar-refractivity contribution in [1.82, 2.24) is 19.4 Å². The molecule has 2 heterocycles. The summed E-state index contributed by atoms with van der Waals surface area (Å²) in [6.45, 7) is 2.51. The molecule has 0 fully saturated rings. The van der Waals surface area contributed by atoms with E-state index in [1.54, 1.807) is 18.3 Å². The summed E-state index contributed by atoms with van der Waals surface area (Å²) in [6.07, 6.45) is 3.57. The molecule has 0 aliphatic carbocycles. The molecule has 1 atom stereocenters. The Morgan fingerprint density at radius 2 is 2.21 bits per heavy atom. The monoisotopic (exact) mass is 352 g/mol. The first-order valence-electron chi connectivity index (χ1n) is 7.84. The topological polar surface area (TPSA) is 67.2 Å². The number of nitrogens with zero attached hydrogens (tertiary/aromatic N) is 3. The second-order valence-corrected chi connectivity index (χ2v) is 8.01. The number of sulfonamides is 1. The molecule has 1 aliphatic heterocycles. The highest BCUT2D eigenvalue weighted by atomic mass is 32.2. The molecule has 1 aromatic carbocycles. The fourth-order valence-corrected chi connectivity index (χ4v) is 3.59. The predicted molar refractivity (Wildman–Crippen MR) is 89.2 cm³/mol. The van der Waals surface area contributed by atoms with Gasteiger partial charge in [-0.1, -0.05) is 12.1 Å². The van der Waals surface area contributed by atoms with E-state index in [0.717, 1.165) is 30.6 Å². The maximum absolute atomic E-state index is 13.4. The first kappa shape index (κ1) is 17.1. The number of aromatic nitrogens is 2. The molecule has 8 heteroatoms. The van der Waals surface area contributed by atoms with E-state index >= 15 is 0 Å². The van der Waals surface area contributed by atoms with Crippen molar-refractivity contribution in [2.24, 2.45) is 0 Å². The maximum Gasteiger partial charge on any atom is 0.208 e. The second-order valence-electron chi connectivity index (χ2n) is 6.18. The zero-order valence-electron chi connectivity index (χ0n) is 13.5. The van der Waals surface area contributed by atoms with E-state index in [-0.39, 0.29) is 11.9 Å². The van der Waals surface area contributed by atoms with Crippen LogP contribution in [0.2, 0.25) is 0 Å². The molecular formula is C16H21FN4O2S. The molecule has 2 aromatic rings. The van der Waals surface area contributed by atoms with Crippen molar-refractivity contribution in [2.45, 2.75) is 25.6 Å². The molecule has 0 radical (unpaired) electrons. The number of hydrogen-bond acceptors (Lipinski definition) is 4. The van der Waals surface area contributed by atoms with E-state index in [4.69, 9.17) is 0 Å². The summed E-state index contributed by atoms with van der Waals surface area (Å²) in [5.41, 5.74) is 2.01. The summed E-state index contributed by atoms with van der Waals surface area (Å²) in [4.78, 5) is 2.23. The molecule has 0 saturated carbocycles.